The number of hydrogen-bond acceptors (Lipinski definition) is 4. The van der Waals surface area contributed by atoms with Crippen molar-refractivity contribution in [2.24, 2.45) is 11.8 Å². The zero-order chi connectivity index (χ0) is 21.6. The van der Waals surface area contributed by atoms with E-state index in [1.165, 1.54) is 18.4 Å². The third kappa shape index (κ3) is 5.44. The molecule has 1 atom stereocenters. The van der Waals surface area contributed by atoms with Crippen molar-refractivity contribution in [1.29, 1.82) is 0 Å². The van der Waals surface area contributed by atoms with E-state index in [0.29, 0.717) is 18.3 Å². The first-order valence-electron chi connectivity index (χ1n) is 11.8. The van der Waals surface area contributed by atoms with E-state index in [1.54, 1.807) is 12.1 Å². The largest absolute Gasteiger partial charge is 0.490 e. The zero-order valence-corrected chi connectivity index (χ0v) is 18.8. The Morgan fingerprint density at radius 2 is 1.84 bits per heavy atom. The highest BCUT2D eigenvalue weighted by atomic mass is 19.1. The lowest BCUT2D eigenvalue weighted by atomic mass is 9.85. The third-order valence-electron chi connectivity index (χ3n) is 6.87. The van der Waals surface area contributed by atoms with Crippen molar-refractivity contribution >= 4 is 11.5 Å². The van der Waals surface area contributed by atoms with Gasteiger partial charge in [0, 0.05) is 25.5 Å². The van der Waals surface area contributed by atoms with Crippen LogP contribution in [0.2, 0.25) is 0 Å². The number of ether oxygens (including phenoxy) is 1. The molecule has 1 aliphatic carbocycles. The van der Waals surface area contributed by atoms with E-state index < -0.39 is 0 Å². The van der Waals surface area contributed by atoms with Gasteiger partial charge in [-0.2, -0.15) is 0 Å². The molecule has 0 N–H and O–H groups in total. The van der Waals surface area contributed by atoms with Crippen molar-refractivity contribution in [1.82, 2.24) is 9.97 Å². The van der Waals surface area contributed by atoms with E-state index in [1.807, 2.05) is 18.5 Å². The molecule has 1 saturated heterocycles. The van der Waals surface area contributed by atoms with Gasteiger partial charge in [0.1, 0.15) is 0 Å². The first-order valence-corrected chi connectivity index (χ1v) is 11.8. The molecule has 0 saturated carbocycles. The summed E-state index contributed by atoms with van der Waals surface area (Å²) in [6.07, 6.45) is 13.7. The second kappa shape index (κ2) is 10.3. The number of rotatable bonds is 7. The van der Waals surface area contributed by atoms with Crippen molar-refractivity contribution in [2.75, 3.05) is 24.6 Å². The molecule has 5 heteroatoms. The first-order chi connectivity index (χ1) is 15.2. The number of aryl methyl sites for hydroxylation is 1. The van der Waals surface area contributed by atoms with E-state index >= 15 is 0 Å². The van der Waals surface area contributed by atoms with Gasteiger partial charge in [0.25, 0.3) is 0 Å². The predicted molar refractivity (Wildman–Crippen MR) is 124 cm³/mol. The molecule has 2 aliphatic rings. The van der Waals surface area contributed by atoms with Crippen molar-refractivity contribution in [3.8, 4) is 5.75 Å². The number of anilines is 1. The summed E-state index contributed by atoms with van der Waals surface area (Å²) in [6, 6.07) is 5.46. The summed E-state index contributed by atoms with van der Waals surface area (Å²) in [5.74, 6) is 2.13. The zero-order valence-electron chi connectivity index (χ0n) is 18.8. The Kier molecular flexibility index (Phi) is 7.21. The highest BCUT2D eigenvalue weighted by molar-refractivity contribution is 5.66. The highest BCUT2D eigenvalue weighted by Crippen LogP contribution is 2.33. The van der Waals surface area contributed by atoms with Crippen LogP contribution in [0.1, 0.15) is 63.5 Å². The Morgan fingerprint density at radius 1 is 1.06 bits per heavy atom. The standard InChI is InChI=1S/C26H34FN3O/c1-3-19-5-7-22(8-6-19)23-9-10-25(24(27)15-23)31-18-21-11-13-30(14-12-21)26-28-16-20(4-2)17-29-26/h7,9-10,15-17,19,21H,3-6,8,11-14,18H2,1-2H3. The van der Waals surface area contributed by atoms with E-state index in [9.17, 15) is 4.39 Å². The second-order valence-electron chi connectivity index (χ2n) is 8.91. The molecule has 1 aromatic heterocycles. The average molecular weight is 424 g/mol. The fourth-order valence-electron chi connectivity index (χ4n) is 4.54. The van der Waals surface area contributed by atoms with Crippen molar-refractivity contribution in [3.63, 3.8) is 0 Å². The van der Waals surface area contributed by atoms with Crippen molar-refractivity contribution in [2.45, 2.75) is 58.8 Å². The molecule has 0 bridgehead atoms. The average Bonchev–Trinajstić information content (AvgIpc) is 2.84. The topological polar surface area (TPSA) is 38.2 Å². The molecule has 0 spiro atoms. The highest BCUT2D eigenvalue weighted by Gasteiger charge is 2.22. The predicted octanol–water partition coefficient (Wildman–Crippen LogP) is 6.07. The fourth-order valence-corrected chi connectivity index (χ4v) is 4.54. The summed E-state index contributed by atoms with van der Waals surface area (Å²) in [7, 11) is 0. The van der Waals surface area contributed by atoms with Crippen LogP contribution >= 0.6 is 0 Å². The van der Waals surface area contributed by atoms with Crippen LogP contribution in [0, 0.1) is 17.7 Å². The minimum atomic E-state index is -0.252. The Morgan fingerprint density at radius 3 is 2.45 bits per heavy atom. The number of aromatic nitrogens is 2. The molecule has 2 heterocycles. The van der Waals surface area contributed by atoms with Crippen molar-refractivity contribution in [3.05, 3.63) is 53.6 Å². The maximum Gasteiger partial charge on any atom is 0.225 e. The summed E-state index contributed by atoms with van der Waals surface area (Å²) in [5.41, 5.74) is 3.43. The monoisotopic (exact) mass is 423 g/mol. The number of allylic oxidation sites excluding steroid dienone is 2. The molecular formula is C26H34FN3O. The molecule has 166 valence electrons. The second-order valence-corrected chi connectivity index (χ2v) is 8.91. The Bertz CT molecular complexity index is 888. The maximum absolute atomic E-state index is 14.7. The molecule has 1 unspecified atom stereocenters. The first kappa shape index (κ1) is 21.8. The quantitative estimate of drug-likeness (QED) is 0.542. The van der Waals surface area contributed by atoms with Crippen LogP contribution in [-0.4, -0.2) is 29.7 Å². The lowest BCUT2D eigenvalue weighted by Gasteiger charge is -2.31. The summed E-state index contributed by atoms with van der Waals surface area (Å²) in [5, 5.41) is 0. The van der Waals surface area contributed by atoms with Gasteiger partial charge in [-0.1, -0.05) is 32.4 Å². The minimum Gasteiger partial charge on any atom is -0.490 e. The van der Waals surface area contributed by atoms with Crippen molar-refractivity contribution < 1.29 is 9.13 Å². The smallest absolute Gasteiger partial charge is 0.225 e. The third-order valence-corrected chi connectivity index (χ3v) is 6.87. The summed E-state index contributed by atoms with van der Waals surface area (Å²) < 4.78 is 20.6. The lowest BCUT2D eigenvalue weighted by Crippen LogP contribution is -2.36. The van der Waals surface area contributed by atoms with Crippen LogP contribution in [-0.2, 0) is 6.42 Å². The molecule has 1 fully saturated rings. The van der Waals surface area contributed by atoms with Crippen LogP contribution in [0.5, 0.6) is 5.75 Å². The van der Waals surface area contributed by atoms with E-state index in [0.717, 1.165) is 68.2 Å². The van der Waals surface area contributed by atoms with Crippen LogP contribution in [0.15, 0.2) is 36.7 Å². The number of piperidine rings is 1. The normalized spacial score (nSPS) is 19.9. The number of hydrogen-bond donors (Lipinski definition) is 0. The summed E-state index contributed by atoms with van der Waals surface area (Å²) in [6.45, 7) is 6.73. The Balaban J connectivity index is 1.27. The molecule has 4 nitrogen and oxygen atoms in total. The van der Waals surface area contributed by atoms with Gasteiger partial charge in [-0.05, 0) is 79.2 Å². The van der Waals surface area contributed by atoms with Gasteiger partial charge in [-0.25, -0.2) is 14.4 Å². The van der Waals surface area contributed by atoms with Crippen LogP contribution < -0.4 is 9.64 Å². The Hall–Kier alpha value is -2.43. The van der Waals surface area contributed by atoms with Gasteiger partial charge in [0.2, 0.25) is 5.95 Å². The van der Waals surface area contributed by atoms with Gasteiger partial charge in [-0.15, -0.1) is 0 Å². The fraction of sp³-hybridized carbons (Fsp3) is 0.538. The number of nitrogens with zero attached hydrogens (tertiary/aromatic N) is 3. The number of benzene rings is 1. The summed E-state index contributed by atoms with van der Waals surface area (Å²) in [4.78, 5) is 11.2. The van der Waals surface area contributed by atoms with Gasteiger partial charge in [0.05, 0.1) is 6.61 Å². The minimum absolute atomic E-state index is 0.252. The molecule has 2 aromatic rings. The van der Waals surface area contributed by atoms with E-state index in [2.05, 4.69) is 34.8 Å². The maximum atomic E-state index is 14.7. The SMILES string of the molecule is CCc1cnc(N2CCC(COc3ccc(C4=CCC(CC)CC4)cc3F)CC2)nc1. The van der Waals surface area contributed by atoms with Gasteiger partial charge < -0.3 is 9.64 Å². The lowest BCUT2D eigenvalue weighted by molar-refractivity contribution is 0.215. The van der Waals surface area contributed by atoms with Crippen LogP contribution in [0.25, 0.3) is 5.57 Å². The molecule has 0 amide bonds. The molecular weight excluding hydrogens is 389 g/mol. The number of halogens is 1. The van der Waals surface area contributed by atoms with E-state index in [-0.39, 0.29) is 5.82 Å². The van der Waals surface area contributed by atoms with Crippen LogP contribution in [0.3, 0.4) is 0 Å². The van der Waals surface area contributed by atoms with Crippen LogP contribution in [0.4, 0.5) is 10.3 Å². The van der Waals surface area contributed by atoms with Gasteiger partial charge >= 0.3 is 0 Å². The van der Waals surface area contributed by atoms with E-state index in [4.69, 9.17) is 4.74 Å². The van der Waals surface area contributed by atoms with Gasteiger partial charge in [-0.3, -0.25) is 0 Å². The molecule has 0 radical (unpaired) electrons. The molecule has 1 aliphatic heterocycles. The molecule has 1 aromatic carbocycles. The van der Waals surface area contributed by atoms with Gasteiger partial charge in [0.15, 0.2) is 11.6 Å². The Labute approximate surface area is 185 Å². The molecule has 31 heavy (non-hydrogen) atoms. The molecule has 4 rings (SSSR count). The summed E-state index contributed by atoms with van der Waals surface area (Å²) >= 11 is 0.